The van der Waals surface area contributed by atoms with Crippen molar-refractivity contribution in [2.45, 2.75) is 44.5 Å². The maximum Gasteiger partial charge on any atom is 0.231 e. The summed E-state index contributed by atoms with van der Waals surface area (Å²) in [5.41, 5.74) is 1.15. The van der Waals surface area contributed by atoms with E-state index in [1.807, 2.05) is 12.1 Å². The number of para-hydroxylation sites is 1. The van der Waals surface area contributed by atoms with Crippen molar-refractivity contribution in [1.82, 2.24) is 19.7 Å². The third-order valence-electron chi connectivity index (χ3n) is 5.49. The zero-order chi connectivity index (χ0) is 16.8. The van der Waals surface area contributed by atoms with Crippen molar-refractivity contribution in [3.63, 3.8) is 0 Å². The van der Waals surface area contributed by atoms with E-state index in [0.717, 1.165) is 67.6 Å². The Labute approximate surface area is 146 Å². The number of aromatic nitrogens is 3. The molecular weight excluding hydrogens is 320 g/mol. The average Bonchev–Trinajstić information content (AvgIpc) is 3.38. The van der Waals surface area contributed by atoms with Crippen molar-refractivity contribution in [3.8, 4) is 11.5 Å². The molecule has 0 N–H and O–H groups in total. The van der Waals surface area contributed by atoms with Gasteiger partial charge in [0.2, 0.25) is 6.79 Å². The fraction of sp³-hybridized carbons (Fsp3) is 0.556. The molecule has 3 aliphatic rings. The fourth-order valence-corrected chi connectivity index (χ4v) is 4.23. The summed E-state index contributed by atoms with van der Waals surface area (Å²) in [6.45, 7) is 3.00. The number of hydrogen-bond acceptors (Lipinski definition) is 6. The van der Waals surface area contributed by atoms with E-state index in [1.54, 1.807) is 7.11 Å². The lowest BCUT2D eigenvalue weighted by Crippen LogP contribution is -2.26. The van der Waals surface area contributed by atoms with Gasteiger partial charge in [-0.05, 0) is 18.9 Å². The third kappa shape index (κ3) is 2.49. The van der Waals surface area contributed by atoms with Crippen molar-refractivity contribution in [2.24, 2.45) is 0 Å². The quantitative estimate of drug-likeness (QED) is 0.846. The first-order valence-corrected chi connectivity index (χ1v) is 8.90. The van der Waals surface area contributed by atoms with Gasteiger partial charge in [-0.1, -0.05) is 12.1 Å². The zero-order valence-corrected chi connectivity index (χ0v) is 14.4. The van der Waals surface area contributed by atoms with Crippen LogP contribution in [0.25, 0.3) is 0 Å². The minimum Gasteiger partial charge on any atom is -0.454 e. The number of likely N-dealkylation sites (tertiary alicyclic amines) is 1. The molecule has 0 spiro atoms. The van der Waals surface area contributed by atoms with E-state index in [2.05, 4.69) is 25.7 Å². The van der Waals surface area contributed by atoms with Crippen LogP contribution in [0, 0.1) is 0 Å². The Morgan fingerprint density at radius 2 is 2.24 bits per heavy atom. The van der Waals surface area contributed by atoms with Gasteiger partial charge >= 0.3 is 0 Å². The Morgan fingerprint density at radius 3 is 3.16 bits per heavy atom. The first-order chi connectivity index (χ1) is 12.3. The summed E-state index contributed by atoms with van der Waals surface area (Å²) in [6, 6.07) is 6.31. The van der Waals surface area contributed by atoms with Crippen LogP contribution in [0.1, 0.15) is 36.1 Å². The molecule has 0 bridgehead atoms. The smallest absolute Gasteiger partial charge is 0.231 e. The lowest BCUT2D eigenvalue weighted by molar-refractivity contribution is 0.107. The summed E-state index contributed by atoms with van der Waals surface area (Å²) in [4.78, 5) is 2.43. The predicted molar refractivity (Wildman–Crippen MR) is 89.5 cm³/mol. The van der Waals surface area contributed by atoms with Crippen LogP contribution < -0.4 is 9.47 Å². The molecule has 7 nitrogen and oxygen atoms in total. The number of benzene rings is 1. The monoisotopic (exact) mass is 342 g/mol. The highest BCUT2D eigenvalue weighted by atomic mass is 16.7. The molecule has 1 aromatic heterocycles. The number of nitrogens with zero attached hydrogens (tertiary/aromatic N) is 4. The van der Waals surface area contributed by atoms with Crippen LogP contribution in [-0.2, 0) is 24.2 Å². The number of aryl methyl sites for hydroxylation is 1. The molecule has 1 saturated heterocycles. The van der Waals surface area contributed by atoms with Crippen LogP contribution in [0.3, 0.4) is 0 Å². The van der Waals surface area contributed by atoms with Crippen molar-refractivity contribution in [1.29, 1.82) is 0 Å². The molecule has 0 amide bonds. The summed E-state index contributed by atoms with van der Waals surface area (Å²) < 4.78 is 19.2. The number of ether oxygens (including phenoxy) is 3. The maximum atomic E-state index is 5.68. The van der Waals surface area contributed by atoms with Crippen molar-refractivity contribution >= 4 is 0 Å². The molecule has 4 heterocycles. The minimum absolute atomic E-state index is 0.216. The standard InChI is InChI=1S/C18H22N4O3/c1-23-13-8-14(18-20-19-16-6-3-7-22(16)18)21(10-13)9-12-4-2-5-15-17(12)25-11-24-15/h2,4-5,13-14H,3,6-11H2,1H3/t13-,14+/m1/s1. The van der Waals surface area contributed by atoms with Crippen LogP contribution in [0.5, 0.6) is 11.5 Å². The van der Waals surface area contributed by atoms with Gasteiger partial charge in [-0.15, -0.1) is 10.2 Å². The van der Waals surface area contributed by atoms with Crippen LogP contribution in [0.2, 0.25) is 0 Å². The molecular formula is C18H22N4O3. The Balaban J connectivity index is 1.45. The molecule has 132 valence electrons. The molecule has 0 saturated carbocycles. The van der Waals surface area contributed by atoms with Crippen LogP contribution >= 0.6 is 0 Å². The van der Waals surface area contributed by atoms with E-state index in [0.29, 0.717) is 6.79 Å². The molecule has 1 fully saturated rings. The highest BCUT2D eigenvalue weighted by Gasteiger charge is 2.38. The molecule has 3 aliphatic heterocycles. The molecule has 0 unspecified atom stereocenters. The lowest BCUT2D eigenvalue weighted by Gasteiger charge is -2.24. The van der Waals surface area contributed by atoms with Crippen LogP contribution in [-0.4, -0.2) is 46.2 Å². The van der Waals surface area contributed by atoms with Crippen LogP contribution in [0.15, 0.2) is 18.2 Å². The SMILES string of the molecule is CO[C@@H]1C[C@@H](c2nnc3n2CCC3)N(Cc2cccc3c2OCO3)C1. The highest BCUT2D eigenvalue weighted by Crippen LogP contribution is 2.40. The van der Waals surface area contributed by atoms with Crippen LogP contribution in [0.4, 0.5) is 0 Å². The predicted octanol–water partition coefficient (Wildman–Crippen LogP) is 1.91. The molecule has 2 aromatic rings. The second-order valence-corrected chi connectivity index (χ2v) is 6.92. The largest absolute Gasteiger partial charge is 0.454 e. The van der Waals surface area contributed by atoms with Gasteiger partial charge in [0.05, 0.1) is 12.1 Å². The third-order valence-corrected chi connectivity index (χ3v) is 5.49. The van der Waals surface area contributed by atoms with Gasteiger partial charge in [-0.25, -0.2) is 0 Å². The second kappa shape index (κ2) is 6.00. The first kappa shape index (κ1) is 15.2. The minimum atomic E-state index is 0.216. The van der Waals surface area contributed by atoms with E-state index in [9.17, 15) is 0 Å². The Morgan fingerprint density at radius 1 is 1.28 bits per heavy atom. The van der Waals surface area contributed by atoms with Gasteiger partial charge < -0.3 is 18.8 Å². The summed E-state index contributed by atoms with van der Waals surface area (Å²) in [5, 5.41) is 8.90. The average molecular weight is 342 g/mol. The number of hydrogen-bond donors (Lipinski definition) is 0. The number of fused-ring (bicyclic) bond motifs is 2. The Kier molecular flexibility index (Phi) is 3.64. The molecule has 7 heteroatoms. The van der Waals surface area contributed by atoms with Crippen molar-refractivity contribution < 1.29 is 14.2 Å². The molecule has 2 atom stereocenters. The maximum absolute atomic E-state index is 5.68. The van der Waals surface area contributed by atoms with Gasteiger partial charge in [-0.2, -0.15) is 0 Å². The van der Waals surface area contributed by atoms with Gasteiger partial charge in [-0.3, -0.25) is 4.90 Å². The highest BCUT2D eigenvalue weighted by molar-refractivity contribution is 5.48. The fourth-order valence-electron chi connectivity index (χ4n) is 4.23. The van der Waals surface area contributed by atoms with Gasteiger partial charge in [0.25, 0.3) is 0 Å². The summed E-state index contributed by atoms with van der Waals surface area (Å²) >= 11 is 0. The van der Waals surface area contributed by atoms with Crippen molar-refractivity contribution in [2.75, 3.05) is 20.4 Å². The second-order valence-electron chi connectivity index (χ2n) is 6.92. The van der Waals surface area contributed by atoms with E-state index in [-0.39, 0.29) is 12.1 Å². The topological polar surface area (TPSA) is 61.6 Å². The van der Waals surface area contributed by atoms with E-state index >= 15 is 0 Å². The Hall–Kier alpha value is -2.12. The van der Waals surface area contributed by atoms with Gasteiger partial charge in [0, 0.05) is 38.7 Å². The van der Waals surface area contributed by atoms with Gasteiger partial charge in [0.1, 0.15) is 5.82 Å². The van der Waals surface area contributed by atoms with Crippen molar-refractivity contribution in [3.05, 3.63) is 35.4 Å². The molecule has 0 radical (unpaired) electrons. The summed E-state index contributed by atoms with van der Waals surface area (Å²) in [7, 11) is 1.79. The molecule has 5 rings (SSSR count). The molecule has 25 heavy (non-hydrogen) atoms. The molecule has 1 aromatic carbocycles. The number of rotatable bonds is 4. The van der Waals surface area contributed by atoms with E-state index < -0.39 is 0 Å². The summed E-state index contributed by atoms with van der Waals surface area (Å²) in [6.07, 6.45) is 3.36. The summed E-state index contributed by atoms with van der Waals surface area (Å²) in [5.74, 6) is 3.90. The lowest BCUT2D eigenvalue weighted by atomic mass is 10.1. The number of methoxy groups -OCH3 is 1. The molecule has 0 aliphatic carbocycles. The normalized spacial score (nSPS) is 24.8. The first-order valence-electron chi connectivity index (χ1n) is 8.90. The van der Waals surface area contributed by atoms with E-state index in [4.69, 9.17) is 14.2 Å². The van der Waals surface area contributed by atoms with Gasteiger partial charge in [0.15, 0.2) is 17.3 Å². The zero-order valence-electron chi connectivity index (χ0n) is 14.4. The Bertz CT molecular complexity index is 791. The van der Waals surface area contributed by atoms with E-state index in [1.165, 1.54) is 0 Å².